The molecule has 0 unspecified atom stereocenters. The monoisotopic (exact) mass is 481 g/mol. The first-order valence-electron chi connectivity index (χ1n) is 11.4. The summed E-state index contributed by atoms with van der Waals surface area (Å²) in [5, 5.41) is 16.6. The number of carbonyl (C=O) groups excluding carboxylic acids is 1. The Balaban J connectivity index is 1.16. The molecule has 0 bridgehead atoms. The SMILES string of the molecule is COc1ccc2ncc(=O)n(CCN3C[C@H](CNCc4ccc5c(n4)NC(=O)CO5)[C@@H](O)C3)c2n1. The highest BCUT2D eigenvalue weighted by Crippen LogP contribution is 2.25. The minimum Gasteiger partial charge on any atom is -0.481 e. The summed E-state index contributed by atoms with van der Waals surface area (Å²) in [5.41, 5.74) is 1.64. The molecule has 35 heavy (non-hydrogen) atoms. The normalized spacial score (nSPS) is 19.9. The van der Waals surface area contributed by atoms with Crippen molar-refractivity contribution in [1.29, 1.82) is 0 Å². The van der Waals surface area contributed by atoms with Crippen LogP contribution < -0.4 is 25.7 Å². The van der Waals surface area contributed by atoms with E-state index in [0.29, 0.717) is 67.9 Å². The second-order valence-electron chi connectivity index (χ2n) is 8.65. The van der Waals surface area contributed by atoms with Crippen molar-refractivity contribution in [1.82, 2.24) is 29.7 Å². The van der Waals surface area contributed by atoms with Gasteiger partial charge in [-0.05, 0) is 18.2 Å². The average Bonchev–Trinajstić information content (AvgIpc) is 3.21. The van der Waals surface area contributed by atoms with Gasteiger partial charge < -0.3 is 25.2 Å². The van der Waals surface area contributed by atoms with Crippen molar-refractivity contribution in [2.45, 2.75) is 19.2 Å². The number of β-amino-alcohol motifs (C(OH)–C–C–N with tert-alkyl or cyclic N) is 1. The molecule has 0 aromatic carbocycles. The zero-order valence-electron chi connectivity index (χ0n) is 19.3. The Labute approximate surface area is 200 Å². The van der Waals surface area contributed by atoms with Gasteiger partial charge in [-0.2, -0.15) is 4.98 Å². The fraction of sp³-hybridized carbons (Fsp3) is 0.435. The van der Waals surface area contributed by atoms with Gasteiger partial charge in [0, 0.05) is 51.3 Å². The second kappa shape index (κ2) is 9.94. The number of nitrogens with zero attached hydrogens (tertiary/aromatic N) is 5. The van der Waals surface area contributed by atoms with E-state index < -0.39 is 6.10 Å². The number of ether oxygens (including phenoxy) is 2. The quantitative estimate of drug-likeness (QED) is 0.389. The van der Waals surface area contributed by atoms with Gasteiger partial charge in [0.25, 0.3) is 11.5 Å². The van der Waals surface area contributed by atoms with Crippen molar-refractivity contribution in [3.8, 4) is 11.6 Å². The average molecular weight is 482 g/mol. The van der Waals surface area contributed by atoms with Crippen LogP contribution >= 0.6 is 0 Å². The van der Waals surface area contributed by atoms with Gasteiger partial charge in [0.1, 0.15) is 5.52 Å². The molecule has 3 aromatic rings. The van der Waals surface area contributed by atoms with Crippen molar-refractivity contribution in [3.63, 3.8) is 0 Å². The second-order valence-corrected chi connectivity index (χ2v) is 8.65. The van der Waals surface area contributed by atoms with Gasteiger partial charge in [-0.1, -0.05) is 0 Å². The minimum absolute atomic E-state index is 0.000922. The van der Waals surface area contributed by atoms with E-state index >= 15 is 0 Å². The molecule has 5 rings (SSSR count). The highest BCUT2D eigenvalue weighted by atomic mass is 16.5. The molecule has 2 aliphatic heterocycles. The molecular formula is C23H27N7O5. The number of hydrogen-bond acceptors (Lipinski definition) is 10. The lowest BCUT2D eigenvalue weighted by atomic mass is 10.1. The van der Waals surface area contributed by atoms with Crippen LogP contribution in [0.4, 0.5) is 5.82 Å². The van der Waals surface area contributed by atoms with E-state index in [0.717, 1.165) is 5.69 Å². The van der Waals surface area contributed by atoms with Crippen LogP contribution in [0.25, 0.3) is 11.2 Å². The highest BCUT2D eigenvalue weighted by Gasteiger charge is 2.30. The molecule has 12 nitrogen and oxygen atoms in total. The van der Waals surface area contributed by atoms with Gasteiger partial charge in [0.05, 0.1) is 25.1 Å². The molecule has 2 aliphatic rings. The first-order chi connectivity index (χ1) is 17.0. The zero-order chi connectivity index (χ0) is 24.4. The third kappa shape index (κ3) is 5.09. The topological polar surface area (TPSA) is 144 Å². The molecule has 2 atom stereocenters. The summed E-state index contributed by atoms with van der Waals surface area (Å²) in [6.45, 7) is 3.36. The maximum absolute atomic E-state index is 12.5. The Bertz CT molecular complexity index is 1300. The number of amides is 1. The summed E-state index contributed by atoms with van der Waals surface area (Å²) >= 11 is 0. The molecule has 0 spiro atoms. The largest absolute Gasteiger partial charge is 0.481 e. The number of aromatic nitrogens is 4. The number of carbonyl (C=O) groups is 1. The van der Waals surface area contributed by atoms with E-state index in [1.807, 2.05) is 6.07 Å². The van der Waals surface area contributed by atoms with Crippen LogP contribution in [0.1, 0.15) is 5.69 Å². The summed E-state index contributed by atoms with van der Waals surface area (Å²) in [5.74, 6) is 1.23. The molecule has 0 aliphatic carbocycles. The van der Waals surface area contributed by atoms with E-state index in [9.17, 15) is 14.7 Å². The maximum Gasteiger partial charge on any atom is 0.270 e. The molecule has 1 amide bonds. The summed E-state index contributed by atoms with van der Waals surface area (Å²) < 4.78 is 12.1. The molecule has 5 heterocycles. The van der Waals surface area contributed by atoms with Crippen LogP contribution in [0.15, 0.2) is 35.3 Å². The number of hydrogen-bond donors (Lipinski definition) is 3. The van der Waals surface area contributed by atoms with Gasteiger partial charge in [0.2, 0.25) is 5.88 Å². The Hall–Kier alpha value is -3.61. The number of rotatable bonds is 8. The predicted octanol–water partition coefficient (Wildman–Crippen LogP) is -0.391. The summed E-state index contributed by atoms with van der Waals surface area (Å²) in [7, 11) is 1.53. The number of pyridine rings is 2. The summed E-state index contributed by atoms with van der Waals surface area (Å²) in [6, 6.07) is 7.12. The van der Waals surface area contributed by atoms with Gasteiger partial charge >= 0.3 is 0 Å². The molecule has 3 N–H and O–H groups in total. The molecule has 1 fully saturated rings. The zero-order valence-corrected chi connectivity index (χ0v) is 19.3. The molecule has 0 saturated carbocycles. The summed E-state index contributed by atoms with van der Waals surface area (Å²) in [6.07, 6.45) is 0.824. The number of nitrogens with one attached hydrogen (secondary N) is 2. The van der Waals surface area contributed by atoms with Gasteiger partial charge in [-0.15, -0.1) is 0 Å². The number of methoxy groups -OCH3 is 1. The molecular weight excluding hydrogens is 454 g/mol. The lowest BCUT2D eigenvalue weighted by Gasteiger charge is -2.18. The third-order valence-corrected chi connectivity index (χ3v) is 6.24. The van der Waals surface area contributed by atoms with Crippen LogP contribution in [0, 0.1) is 5.92 Å². The van der Waals surface area contributed by atoms with Crippen molar-refractivity contribution < 1.29 is 19.4 Å². The van der Waals surface area contributed by atoms with E-state index in [1.165, 1.54) is 13.3 Å². The van der Waals surface area contributed by atoms with Gasteiger partial charge in [-0.25, -0.2) is 9.97 Å². The number of anilines is 1. The fourth-order valence-electron chi connectivity index (χ4n) is 4.41. The molecule has 0 radical (unpaired) electrons. The molecule has 3 aromatic heterocycles. The first kappa shape index (κ1) is 23.1. The van der Waals surface area contributed by atoms with Gasteiger partial charge in [0.15, 0.2) is 23.8 Å². The first-order valence-corrected chi connectivity index (χ1v) is 11.4. The maximum atomic E-state index is 12.5. The van der Waals surface area contributed by atoms with Crippen molar-refractivity contribution in [2.24, 2.45) is 5.92 Å². The van der Waals surface area contributed by atoms with Gasteiger partial charge in [-0.3, -0.25) is 19.1 Å². The smallest absolute Gasteiger partial charge is 0.270 e. The van der Waals surface area contributed by atoms with Crippen LogP contribution in [-0.4, -0.2) is 81.4 Å². The number of aliphatic hydroxyl groups excluding tert-OH is 1. The van der Waals surface area contributed by atoms with Crippen molar-refractivity contribution >= 4 is 22.9 Å². The molecule has 184 valence electrons. The van der Waals surface area contributed by atoms with Crippen molar-refractivity contribution in [3.05, 3.63) is 46.5 Å². The lowest BCUT2D eigenvalue weighted by molar-refractivity contribution is -0.118. The van der Waals surface area contributed by atoms with Crippen LogP contribution in [0.3, 0.4) is 0 Å². The van der Waals surface area contributed by atoms with Crippen molar-refractivity contribution in [2.75, 3.05) is 45.2 Å². The Kier molecular flexibility index (Phi) is 6.57. The van der Waals surface area contributed by atoms with E-state index in [-0.39, 0.29) is 24.0 Å². The minimum atomic E-state index is -0.476. The Morgan fingerprint density at radius 1 is 1.20 bits per heavy atom. The molecule has 12 heteroatoms. The fourth-order valence-corrected chi connectivity index (χ4v) is 4.41. The predicted molar refractivity (Wildman–Crippen MR) is 126 cm³/mol. The van der Waals surface area contributed by atoms with Crippen LogP contribution in [-0.2, 0) is 17.9 Å². The standard InChI is InChI=1S/C23H27N7O5/c1-34-20-5-3-16-23(28-20)30(21(33)10-25-16)7-6-29-11-14(17(31)12-29)8-24-9-15-2-4-18-22(26-15)27-19(32)13-35-18/h2-5,10,14,17,24,31H,6-9,11-13H2,1H3,(H,26,27,32)/t14-,17-/m0/s1. The summed E-state index contributed by atoms with van der Waals surface area (Å²) in [4.78, 5) is 39.1. The molecule has 1 saturated heterocycles. The van der Waals surface area contributed by atoms with Crippen LogP contribution in [0.5, 0.6) is 11.6 Å². The number of likely N-dealkylation sites (tertiary alicyclic amines) is 1. The third-order valence-electron chi connectivity index (χ3n) is 6.24. The van der Waals surface area contributed by atoms with E-state index in [1.54, 1.807) is 22.8 Å². The Morgan fingerprint density at radius 2 is 2.09 bits per heavy atom. The number of aliphatic hydroxyl groups is 1. The van der Waals surface area contributed by atoms with E-state index in [2.05, 4.69) is 30.5 Å². The van der Waals surface area contributed by atoms with E-state index in [4.69, 9.17) is 9.47 Å². The van der Waals surface area contributed by atoms with Crippen LogP contribution in [0.2, 0.25) is 0 Å². The lowest BCUT2D eigenvalue weighted by Crippen LogP contribution is -2.32. The number of fused-ring (bicyclic) bond motifs is 2. The highest BCUT2D eigenvalue weighted by molar-refractivity contribution is 5.94. The Morgan fingerprint density at radius 3 is 2.94 bits per heavy atom.